The average Bonchev–Trinajstić information content (AvgIpc) is 2.70. The van der Waals surface area contributed by atoms with Gasteiger partial charge in [-0.1, -0.05) is 41.9 Å². The molecule has 1 N–H and O–H groups in total. The van der Waals surface area contributed by atoms with Crippen LogP contribution in [0, 0.1) is 0 Å². The topological polar surface area (TPSA) is 35.6 Å². The van der Waals surface area contributed by atoms with Gasteiger partial charge in [-0.05, 0) is 50.7 Å². The fourth-order valence-electron chi connectivity index (χ4n) is 3.85. The van der Waals surface area contributed by atoms with Crippen LogP contribution in [0.4, 0.5) is 18.9 Å². The van der Waals surface area contributed by atoms with Crippen LogP contribution in [-0.2, 0) is 11.0 Å². The van der Waals surface area contributed by atoms with E-state index in [1.807, 2.05) is 44.4 Å². The van der Waals surface area contributed by atoms with E-state index >= 15 is 0 Å². The van der Waals surface area contributed by atoms with E-state index in [-0.39, 0.29) is 11.6 Å². The summed E-state index contributed by atoms with van der Waals surface area (Å²) in [5, 5.41) is 2.26. The summed E-state index contributed by atoms with van der Waals surface area (Å²) in [7, 11) is 4.08. The van der Waals surface area contributed by atoms with E-state index < -0.39 is 22.8 Å². The van der Waals surface area contributed by atoms with Crippen molar-refractivity contribution in [3.63, 3.8) is 0 Å². The number of benzene rings is 2. The second-order valence-electron chi connectivity index (χ2n) is 7.73. The van der Waals surface area contributed by atoms with Crippen LogP contribution in [0.5, 0.6) is 0 Å². The van der Waals surface area contributed by atoms with Crippen molar-refractivity contribution in [2.45, 2.75) is 31.1 Å². The Hall–Kier alpha value is -2.09. The number of anilines is 1. The Bertz CT molecular complexity index is 866. The summed E-state index contributed by atoms with van der Waals surface area (Å²) in [6.45, 7) is 1.45. The molecule has 0 radical (unpaired) electrons. The number of amides is 1. The lowest BCUT2D eigenvalue weighted by Gasteiger charge is -2.39. The number of halogens is 4. The molecule has 1 saturated heterocycles. The number of alkyl halides is 3. The van der Waals surface area contributed by atoms with Gasteiger partial charge in [0.2, 0.25) is 5.91 Å². The molecule has 4 nitrogen and oxygen atoms in total. The van der Waals surface area contributed by atoms with Gasteiger partial charge in [0.05, 0.1) is 10.6 Å². The monoisotopic (exact) mass is 439 g/mol. The number of carbonyl (C=O) groups is 1. The number of rotatable bonds is 5. The van der Waals surface area contributed by atoms with Crippen molar-refractivity contribution in [2.24, 2.45) is 0 Å². The van der Waals surface area contributed by atoms with Gasteiger partial charge in [-0.15, -0.1) is 0 Å². The summed E-state index contributed by atoms with van der Waals surface area (Å²) in [5.41, 5.74) is -0.0887. The van der Waals surface area contributed by atoms with Crippen molar-refractivity contribution in [1.29, 1.82) is 0 Å². The van der Waals surface area contributed by atoms with Gasteiger partial charge >= 0.3 is 6.18 Å². The number of hydrogen-bond donors (Lipinski definition) is 1. The van der Waals surface area contributed by atoms with Crippen molar-refractivity contribution in [1.82, 2.24) is 9.80 Å². The highest BCUT2D eigenvalue weighted by Crippen LogP contribution is 2.36. The van der Waals surface area contributed by atoms with E-state index in [4.69, 9.17) is 11.6 Å². The molecule has 30 heavy (non-hydrogen) atoms. The zero-order chi connectivity index (χ0) is 21.9. The summed E-state index contributed by atoms with van der Waals surface area (Å²) in [6.07, 6.45) is -2.75. The molecule has 1 heterocycles. The summed E-state index contributed by atoms with van der Waals surface area (Å²) >= 11 is 5.69. The molecule has 0 spiro atoms. The van der Waals surface area contributed by atoms with Gasteiger partial charge in [0.25, 0.3) is 0 Å². The number of carbonyl (C=O) groups excluding carboxylic acids is 1. The van der Waals surface area contributed by atoms with E-state index in [1.165, 1.54) is 6.07 Å². The van der Waals surface area contributed by atoms with Crippen molar-refractivity contribution in [3.8, 4) is 0 Å². The highest BCUT2D eigenvalue weighted by molar-refractivity contribution is 6.31. The van der Waals surface area contributed by atoms with Crippen LogP contribution in [0.2, 0.25) is 5.02 Å². The Labute approximate surface area is 179 Å². The average molecular weight is 440 g/mol. The molecule has 0 saturated carbocycles. The Kier molecular flexibility index (Phi) is 7.06. The minimum atomic E-state index is -4.59. The lowest BCUT2D eigenvalue weighted by molar-refractivity contribution is -0.137. The minimum absolute atomic E-state index is 0.0702. The van der Waals surface area contributed by atoms with Crippen molar-refractivity contribution >= 4 is 23.2 Å². The molecule has 1 fully saturated rings. The quantitative estimate of drug-likeness (QED) is 0.707. The van der Waals surface area contributed by atoms with Gasteiger partial charge in [0.15, 0.2) is 0 Å². The number of likely N-dealkylation sites (tertiary alicyclic amines) is 1. The highest BCUT2D eigenvalue weighted by Gasteiger charge is 2.35. The maximum atomic E-state index is 13.2. The second kappa shape index (κ2) is 9.37. The van der Waals surface area contributed by atoms with Crippen LogP contribution in [0.1, 0.15) is 30.0 Å². The maximum absolute atomic E-state index is 13.2. The Morgan fingerprint density at radius 2 is 1.77 bits per heavy atom. The van der Waals surface area contributed by atoms with E-state index in [0.717, 1.165) is 43.6 Å². The number of nitrogens with zero attached hydrogens (tertiary/aromatic N) is 2. The fourth-order valence-corrected chi connectivity index (χ4v) is 4.08. The third-order valence-electron chi connectivity index (χ3n) is 5.50. The SMILES string of the molecule is CN(C)C1CCN(C(C(=O)Nc2ccc(Cl)c(C(F)(F)F)c2)c2ccccc2)CC1. The maximum Gasteiger partial charge on any atom is 0.417 e. The molecule has 3 rings (SSSR count). The first-order valence-electron chi connectivity index (χ1n) is 9.80. The van der Waals surface area contributed by atoms with E-state index in [1.54, 1.807) is 0 Å². The molecular formula is C22H25ClF3N3O. The van der Waals surface area contributed by atoms with Gasteiger partial charge < -0.3 is 10.2 Å². The summed E-state index contributed by atoms with van der Waals surface area (Å²) in [6, 6.07) is 12.6. The van der Waals surface area contributed by atoms with Crippen LogP contribution in [-0.4, -0.2) is 48.9 Å². The third-order valence-corrected chi connectivity index (χ3v) is 5.83. The summed E-state index contributed by atoms with van der Waals surface area (Å²) in [5.74, 6) is -0.361. The molecule has 1 aliphatic heterocycles. The molecule has 2 aromatic rings. The zero-order valence-electron chi connectivity index (χ0n) is 16.9. The van der Waals surface area contributed by atoms with Crippen LogP contribution in [0.25, 0.3) is 0 Å². The van der Waals surface area contributed by atoms with E-state index in [2.05, 4.69) is 15.1 Å². The van der Waals surface area contributed by atoms with Crippen LogP contribution >= 0.6 is 11.6 Å². The molecule has 1 unspecified atom stereocenters. The van der Waals surface area contributed by atoms with Gasteiger partial charge in [-0.25, -0.2) is 0 Å². The molecule has 1 atom stereocenters. The number of piperidine rings is 1. The molecule has 0 bridgehead atoms. The van der Waals surface area contributed by atoms with Crippen molar-refractivity contribution in [2.75, 3.05) is 32.5 Å². The van der Waals surface area contributed by atoms with Crippen LogP contribution < -0.4 is 5.32 Å². The number of nitrogens with one attached hydrogen (secondary N) is 1. The normalized spacial score (nSPS) is 17.2. The Morgan fingerprint density at radius 3 is 2.33 bits per heavy atom. The minimum Gasteiger partial charge on any atom is -0.324 e. The summed E-state index contributed by atoms with van der Waals surface area (Å²) < 4.78 is 39.5. The summed E-state index contributed by atoms with van der Waals surface area (Å²) in [4.78, 5) is 17.5. The Balaban J connectivity index is 1.83. The van der Waals surface area contributed by atoms with E-state index in [9.17, 15) is 18.0 Å². The lowest BCUT2D eigenvalue weighted by Crippen LogP contribution is -2.46. The van der Waals surface area contributed by atoms with Gasteiger partial charge in [0, 0.05) is 24.8 Å². The first kappa shape index (κ1) is 22.6. The third kappa shape index (κ3) is 5.33. The molecule has 0 aliphatic carbocycles. The highest BCUT2D eigenvalue weighted by atomic mass is 35.5. The second-order valence-corrected chi connectivity index (χ2v) is 8.13. The predicted molar refractivity (Wildman–Crippen MR) is 113 cm³/mol. The smallest absolute Gasteiger partial charge is 0.324 e. The van der Waals surface area contributed by atoms with Gasteiger partial charge in [0.1, 0.15) is 6.04 Å². The molecule has 1 amide bonds. The fraction of sp³-hybridized carbons (Fsp3) is 0.409. The van der Waals surface area contributed by atoms with Gasteiger partial charge in [-0.2, -0.15) is 13.2 Å². The van der Waals surface area contributed by atoms with Crippen molar-refractivity contribution < 1.29 is 18.0 Å². The standard InChI is InChI=1S/C22H25ClF3N3O/c1-28(2)17-10-12-29(13-11-17)20(15-6-4-3-5-7-15)21(30)27-16-8-9-19(23)18(14-16)22(24,25)26/h3-9,14,17,20H,10-13H2,1-2H3,(H,27,30). The molecule has 8 heteroatoms. The molecule has 0 aromatic heterocycles. The Morgan fingerprint density at radius 1 is 1.13 bits per heavy atom. The predicted octanol–water partition coefficient (Wildman–Crippen LogP) is 5.06. The zero-order valence-corrected chi connectivity index (χ0v) is 17.7. The van der Waals surface area contributed by atoms with Crippen LogP contribution in [0.3, 0.4) is 0 Å². The van der Waals surface area contributed by atoms with Gasteiger partial charge in [-0.3, -0.25) is 9.69 Å². The first-order valence-corrected chi connectivity index (χ1v) is 10.2. The molecule has 162 valence electrons. The van der Waals surface area contributed by atoms with Crippen molar-refractivity contribution in [3.05, 3.63) is 64.7 Å². The molecular weight excluding hydrogens is 415 g/mol. The lowest BCUT2D eigenvalue weighted by atomic mass is 9.98. The molecule has 2 aromatic carbocycles. The first-order chi connectivity index (χ1) is 14.2. The largest absolute Gasteiger partial charge is 0.417 e. The number of hydrogen-bond acceptors (Lipinski definition) is 3. The van der Waals surface area contributed by atoms with E-state index in [0.29, 0.717) is 6.04 Å². The molecule has 1 aliphatic rings. The van der Waals surface area contributed by atoms with Crippen LogP contribution in [0.15, 0.2) is 48.5 Å².